The summed E-state index contributed by atoms with van der Waals surface area (Å²) in [4.78, 5) is 0. The Morgan fingerprint density at radius 1 is 1.21 bits per heavy atom. The molecule has 4 nitrogen and oxygen atoms in total. The zero-order valence-corrected chi connectivity index (χ0v) is 11.4. The number of nitrogens with zero attached hydrogens (tertiary/aromatic N) is 2. The summed E-state index contributed by atoms with van der Waals surface area (Å²) in [5.74, 6) is 1.64. The lowest BCUT2D eigenvalue weighted by molar-refractivity contribution is 0.408. The van der Waals surface area contributed by atoms with Gasteiger partial charge in [-0.05, 0) is 36.8 Å². The fraction of sp³-hybridized carbons (Fsp3) is 0.400. The van der Waals surface area contributed by atoms with E-state index in [9.17, 15) is 0 Å². The van der Waals surface area contributed by atoms with Crippen LogP contribution in [0.5, 0.6) is 5.75 Å². The first-order valence-corrected chi connectivity index (χ1v) is 6.69. The SMILES string of the molecule is COc1c(-c2cnn(C)c2N)ccc2c1CCCC2. The molecule has 19 heavy (non-hydrogen) atoms. The van der Waals surface area contributed by atoms with Crippen LogP contribution in [0.2, 0.25) is 0 Å². The van der Waals surface area contributed by atoms with Gasteiger partial charge in [-0.2, -0.15) is 5.10 Å². The molecule has 2 aromatic rings. The van der Waals surface area contributed by atoms with Crippen LogP contribution in [0.3, 0.4) is 0 Å². The maximum Gasteiger partial charge on any atom is 0.130 e. The minimum absolute atomic E-state index is 0.675. The quantitative estimate of drug-likeness (QED) is 0.899. The molecule has 1 aromatic carbocycles. The Hall–Kier alpha value is -1.97. The third kappa shape index (κ3) is 1.87. The summed E-state index contributed by atoms with van der Waals surface area (Å²) in [6, 6.07) is 4.31. The van der Waals surface area contributed by atoms with E-state index in [-0.39, 0.29) is 0 Å². The van der Waals surface area contributed by atoms with Gasteiger partial charge in [0.25, 0.3) is 0 Å². The average molecular weight is 257 g/mol. The largest absolute Gasteiger partial charge is 0.496 e. The van der Waals surface area contributed by atoms with Gasteiger partial charge in [-0.15, -0.1) is 0 Å². The summed E-state index contributed by atoms with van der Waals surface area (Å²) in [5.41, 5.74) is 10.8. The molecule has 0 spiro atoms. The van der Waals surface area contributed by atoms with Crippen LogP contribution in [0.1, 0.15) is 24.0 Å². The Morgan fingerprint density at radius 3 is 2.68 bits per heavy atom. The van der Waals surface area contributed by atoms with Gasteiger partial charge < -0.3 is 10.5 Å². The van der Waals surface area contributed by atoms with Crippen molar-refractivity contribution in [3.63, 3.8) is 0 Å². The predicted octanol–water partition coefficient (Wildman–Crippen LogP) is 2.56. The first-order chi connectivity index (χ1) is 9.22. The first kappa shape index (κ1) is 12.1. The van der Waals surface area contributed by atoms with E-state index in [1.54, 1.807) is 11.8 Å². The van der Waals surface area contributed by atoms with Crippen molar-refractivity contribution in [1.82, 2.24) is 9.78 Å². The van der Waals surface area contributed by atoms with Crippen LogP contribution in [0.4, 0.5) is 5.82 Å². The normalized spacial score (nSPS) is 14.2. The van der Waals surface area contributed by atoms with Crippen LogP contribution in [-0.4, -0.2) is 16.9 Å². The second-order valence-electron chi connectivity index (χ2n) is 5.06. The number of benzene rings is 1. The van der Waals surface area contributed by atoms with Gasteiger partial charge in [0.2, 0.25) is 0 Å². The van der Waals surface area contributed by atoms with Crippen molar-refractivity contribution in [3.8, 4) is 16.9 Å². The fourth-order valence-corrected chi connectivity index (χ4v) is 2.89. The molecule has 1 aliphatic carbocycles. The van der Waals surface area contributed by atoms with Crippen LogP contribution in [0, 0.1) is 0 Å². The molecule has 0 aliphatic heterocycles. The van der Waals surface area contributed by atoms with Crippen LogP contribution < -0.4 is 10.5 Å². The Labute approximate surface area is 113 Å². The number of aryl methyl sites for hydroxylation is 2. The standard InChI is InChI=1S/C15H19N3O/c1-18-15(16)13(9-17-18)12-8-7-10-5-3-4-6-11(10)14(12)19-2/h7-9H,3-6,16H2,1-2H3. The Bertz CT molecular complexity index is 616. The Morgan fingerprint density at radius 2 is 2.00 bits per heavy atom. The lowest BCUT2D eigenvalue weighted by atomic mass is 9.88. The van der Waals surface area contributed by atoms with Crippen molar-refractivity contribution < 1.29 is 4.74 Å². The Balaban J connectivity index is 2.19. The van der Waals surface area contributed by atoms with Gasteiger partial charge >= 0.3 is 0 Å². The monoisotopic (exact) mass is 257 g/mol. The maximum absolute atomic E-state index is 6.08. The smallest absolute Gasteiger partial charge is 0.130 e. The molecule has 0 radical (unpaired) electrons. The molecule has 3 rings (SSSR count). The Kier molecular flexibility index (Phi) is 2.93. The molecule has 0 atom stereocenters. The minimum Gasteiger partial charge on any atom is -0.496 e. The maximum atomic E-state index is 6.08. The van der Waals surface area contributed by atoms with Crippen molar-refractivity contribution in [3.05, 3.63) is 29.5 Å². The molecular formula is C15H19N3O. The second kappa shape index (κ2) is 4.61. The van der Waals surface area contributed by atoms with E-state index in [0.29, 0.717) is 5.82 Å². The lowest BCUT2D eigenvalue weighted by Gasteiger charge is -2.21. The molecule has 0 amide bonds. The van der Waals surface area contributed by atoms with Crippen molar-refractivity contribution >= 4 is 5.82 Å². The zero-order chi connectivity index (χ0) is 13.4. The molecule has 2 N–H and O–H groups in total. The molecule has 0 saturated carbocycles. The van der Waals surface area contributed by atoms with Gasteiger partial charge in [0.05, 0.1) is 13.3 Å². The van der Waals surface area contributed by atoms with Gasteiger partial charge in [0.15, 0.2) is 0 Å². The number of rotatable bonds is 2. The molecule has 1 aliphatic rings. The van der Waals surface area contributed by atoms with Crippen LogP contribution in [-0.2, 0) is 19.9 Å². The highest BCUT2D eigenvalue weighted by atomic mass is 16.5. The van der Waals surface area contributed by atoms with Gasteiger partial charge in [-0.1, -0.05) is 12.1 Å². The summed E-state index contributed by atoms with van der Waals surface area (Å²) in [6.45, 7) is 0. The molecular weight excluding hydrogens is 238 g/mol. The van der Waals surface area contributed by atoms with Crippen LogP contribution in [0.15, 0.2) is 18.3 Å². The molecule has 1 heterocycles. The second-order valence-corrected chi connectivity index (χ2v) is 5.06. The van der Waals surface area contributed by atoms with Crippen LogP contribution in [0.25, 0.3) is 11.1 Å². The number of hydrogen-bond acceptors (Lipinski definition) is 3. The summed E-state index contributed by atoms with van der Waals surface area (Å²) in [7, 11) is 3.59. The van der Waals surface area contributed by atoms with Crippen molar-refractivity contribution in [2.24, 2.45) is 7.05 Å². The van der Waals surface area contributed by atoms with E-state index >= 15 is 0 Å². The summed E-state index contributed by atoms with van der Waals surface area (Å²) in [5, 5.41) is 4.22. The summed E-state index contributed by atoms with van der Waals surface area (Å²) in [6.07, 6.45) is 6.54. The lowest BCUT2D eigenvalue weighted by Crippen LogP contribution is -2.06. The average Bonchev–Trinajstić information content (AvgIpc) is 2.77. The highest BCUT2D eigenvalue weighted by Gasteiger charge is 2.20. The zero-order valence-electron chi connectivity index (χ0n) is 11.4. The number of nitrogens with two attached hydrogens (primary N) is 1. The van der Waals surface area contributed by atoms with E-state index in [1.165, 1.54) is 24.0 Å². The number of aromatic nitrogens is 2. The third-order valence-corrected chi connectivity index (χ3v) is 3.96. The van der Waals surface area contributed by atoms with Gasteiger partial charge in [0.1, 0.15) is 11.6 Å². The van der Waals surface area contributed by atoms with Crippen molar-refractivity contribution in [1.29, 1.82) is 0 Å². The van der Waals surface area contributed by atoms with E-state index in [2.05, 4.69) is 17.2 Å². The number of anilines is 1. The predicted molar refractivity (Wildman–Crippen MR) is 76.3 cm³/mol. The number of hydrogen-bond donors (Lipinski definition) is 1. The highest BCUT2D eigenvalue weighted by Crippen LogP contribution is 2.40. The van der Waals surface area contributed by atoms with E-state index in [1.807, 2.05) is 13.2 Å². The molecule has 1 aromatic heterocycles. The van der Waals surface area contributed by atoms with E-state index in [4.69, 9.17) is 10.5 Å². The number of nitrogen functional groups attached to an aromatic ring is 1. The third-order valence-electron chi connectivity index (χ3n) is 3.96. The number of methoxy groups -OCH3 is 1. The topological polar surface area (TPSA) is 53.1 Å². The van der Waals surface area contributed by atoms with Crippen molar-refractivity contribution in [2.75, 3.05) is 12.8 Å². The van der Waals surface area contributed by atoms with Crippen LogP contribution >= 0.6 is 0 Å². The first-order valence-electron chi connectivity index (χ1n) is 6.69. The van der Waals surface area contributed by atoms with Gasteiger partial charge in [-0.3, -0.25) is 4.68 Å². The highest BCUT2D eigenvalue weighted by molar-refractivity contribution is 5.80. The van der Waals surface area contributed by atoms with Gasteiger partial charge in [0, 0.05) is 18.2 Å². The molecule has 4 heteroatoms. The summed E-state index contributed by atoms with van der Waals surface area (Å²) < 4.78 is 7.36. The summed E-state index contributed by atoms with van der Waals surface area (Å²) >= 11 is 0. The van der Waals surface area contributed by atoms with Crippen molar-refractivity contribution in [2.45, 2.75) is 25.7 Å². The molecule has 0 bridgehead atoms. The van der Waals surface area contributed by atoms with E-state index in [0.717, 1.165) is 29.7 Å². The molecule has 0 saturated heterocycles. The van der Waals surface area contributed by atoms with E-state index < -0.39 is 0 Å². The minimum atomic E-state index is 0.675. The molecule has 100 valence electrons. The van der Waals surface area contributed by atoms with Gasteiger partial charge in [-0.25, -0.2) is 0 Å². The fourth-order valence-electron chi connectivity index (χ4n) is 2.89. The molecule has 0 unspecified atom stereocenters. The number of fused-ring (bicyclic) bond motifs is 1. The number of ether oxygens (including phenoxy) is 1. The molecule has 0 fully saturated rings.